The second-order valence-corrected chi connectivity index (χ2v) is 6.28. The highest BCUT2D eigenvalue weighted by molar-refractivity contribution is 6.41. The Bertz CT molecular complexity index is 1060. The Morgan fingerprint density at radius 2 is 1.83 bits per heavy atom. The topological polar surface area (TPSA) is 32.7 Å². The number of amides is 1. The maximum absolute atomic E-state index is 12.9. The number of halogens is 1. The van der Waals surface area contributed by atoms with Crippen LogP contribution >= 0.6 is 11.6 Å². The first kappa shape index (κ1) is 12.9. The highest BCUT2D eigenvalue weighted by Crippen LogP contribution is 2.43. The van der Waals surface area contributed by atoms with E-state index < -0.39 is 0 Å². The van der Waals surface area contributed by atoms with Crippen LogP contribution in [0.25, 0.3) is 10.8 Å². The van der Waals surface area contributed by atoms with Gasteiger partial charge in [0.15, 0.2) is 0 Å². The highest BCUT2D eigenvalue weighted by Gasteiger charge is 2.38. The highest BCUT2D eigenvalue weighted by atomic mass is 35.5. The second kappa shape index (κ2) is 4.21. The van der Waals surface area contributed by atoms with Gasteiger partial charge in [0.2, 0.25) is 0 Å². The van der Waals surface area contributed by atoms with Crippen molar-refractivity contribution in [2.45, 2.75) is 6.92 Å². The molecule has 0 fully saturated rings. The molecule has 0 N–H and O–H groups in total. The molecule has 1 amide bonds. The van der Waals surface area contributed by atoms with Crippen LogP contribution in [0.2, 0.25) is 5.02 Å². The fraction of sp³-hybridized carbons (Fsp3) is 0.0526. The van der Waals surface area contributed by atoms with Crippen molar-refractivity contribution in [3.05, 3.63) is 70.2 Å². The zero-order valence-corrected chi connectivity index (χ0v) is 13.1. The minimum absolute atomic E-state index is 0.0670. The number of amidine groups is 1. The van der Waals surface area contributed by atoms with Crippen molar-refractivity contribution in [1.29, 1.82) is 0 Å². The smallest absolute Gasteiger partial charge is 0.264 e. The standard InChI is InChI=1S/C19H11ClN2O/c1-10-8-12-13(9-14(10)20)19(23)22-16-7-3-5-11-4-2-6-15(17(11)16)21-18(12)22/h2-9H,1H3. The van der Waals surface area contributed by atoms with Crippen LogP contribution in [0.5, 0.6) is 0 Å². The van der Waals surface area contributed by atoms with E-state index in [0.29, 0.717) is 16.4 Å². The summed E-state index contributed by atoms with van der Waals surface area (Å²) in [6, 6.07) is 15.7. The third-order valence-corrected chi connectivity index (χ3v) is 4.92. The van der Waals surface area contributed by atoms with Gasteiger partial charge in [0, 0.05) is 16.0 Å². The van der Waals surface area contributed by atoms with Crippen LogP contribution in [0.15, 0.2) is 53.5 Å². The molecule has 0 spiro atoms. The number of aliphatic imine (C=N–C) groups is 1. The van der Waals surface area contributed by atoms with E-state index in [9.17, 15) is 4.79 Å². The molecule has 0 aromatic heterocycles. The van der Waals surface area contributed by atoms with Gasteiger partial charge in [-0.2, -0.15) is 0 Å². The van der Waals surface area contributed by atoms with Crippen molar-refractivity contribution in [3.8, 4) is 0 Å². The minimum atomic E-state index is -0.0670. The molecule has 23 heavy (non-hydrogen) atoms. The van der Waals surface area contributed by atoms with Crippen LogP contribution in [-0.4, -0.2) is 11.7 Å². The van der Waals surface area contributed by atoms with Crippen LogP contribution < -0.4 is 4.90 Å². The molecule has 0 saturated heterocycles. The molecule has 2 aliphatic rings. The Labute approximate surface area is 137 Å². The van der Waals surface area contributed by atoms with E-state index in [1.54, 1.807) is 11.0 Å². The monoisotopic (exact) mass is 318 g/mol. The largest absolute Gasteiger partial charge is 0.268 e. The number of carbonyl (C=O) groups excluding carboxylic acids is 1. The Hall–Kier alpha value is -2.65. The van der Waals surface area contributed by atoms with Gasteiger partial charge in [-0.3, -0.25) is 9.69 Å². The molecule has 0 bridgehead atoms. The van der Waals surface area contributed by atoms with E-state index in [1.165, 1.54) is 0 Å². The Morgan fingerprint density at radius 3 is 2.65 bits per heavy atom. The van der Waals surface area contributed by atoms with Crippen LogP contribution in [0, 0.1) is 6.92 Å². The first-order valence-corrected chi connectivity index (χ1v) is 7.78. The van der Waals surface area contributed by atoms with E-state index in [4.69, 9.17) is 16.6 Å². The number of fused-ring (bicyclic) bond motifs is 4. The van der Waals surface area contributed by atoms with Gasteiger partial charge in [-0.25, -0.2) is 4.99 Å². The number of rotatable bonds is 0. The van der Waals surface area contributed by atoms with Gasteiger partial charge in [-0.05, 0) is 42.1 Å². The average molecular weight is 319 g/mol. The van der Waals surface area contributed by atoms with Crippen molar-refractivity contribution < 1.29 is 4.79 Å². The maximum atomic E-state index is 12.9. The lowest BCUT2D eigenvalue weighted by atomic mass is 10.0. The summed E-state index contributed by atoms with van der Waals surface area (Å²) in [4.78, 5) is 19.4. The lowest BCUT2D eigenvalue weighted by Crippen LogP contribution is -2.31. The molecule has 2 aliphatic heterocycles. The minimum Gasteiger partial charge on any atom is -0.268 e. The van der Waals surface area contributed by atoms with E-state index >= 15 is 0 Å². The molecule has 4 heteroatoms. The zero-order chi connectivity index (χ0) is 15.7. The van der Waals surface area contributed by atoms with Crippen molar-refractivity contribution in [1.82, 2.24) is 0 Å². The SMILES string of the molecule is Cc1cc2c(cc1Cl)C(=O)N1C2=Nc2cccc3cccc1c23. The van der Waals surface area contributed by atoms with Crippen LogP contribution in [0.1, 0.15) is 21.5 Å². The van der Waals surface area contributed by atoms with Crippen LogP contribution in [0.3, 0.4) is 0 Å². The third kappa shape index (κ3) is 1.55. The zero-order valence-electron chi connectivity index (χ0n) is 12.3. The number of benzene rings is 3. The Balaban J connectivity index is 1.89. The van der Waals surface area contributed by atoms with Gasteiger partial charge < -0.3 is 0 Å². The van der Waals surface area contributed by atoms with Gasteiger partial charge in [0.1, 0.15) is 5.84 Å². The van der Waals surface area contributed by atoms with Crippen molar-refractivity contribution in [2.75, 3.05) is 4.90 Å². The molecule has 3 nitrogen and oxygen atoms in total. The van der Waals surface area contributed by atoms with Crippen molar-refractivity contribution in [2.24, 2.45) is 4.99 Å². The lowest BCUT2D eigenvalue weighted by molar-refractivity contribution is 0.101. The lowest BCUT2D eigenvalue weighted by Gasteiger charge is -2.24. The second-order valence-electron chi connectivity index (χ2n) is 5.88. The quantitative estimate of drug-likeness (QED) is 0.583. The Kier molecular flexibility index (Phi) is 2.35. The summed E-state index contributed by atoms with van der Waals surface area (Å²) in [5, 5.41) is 2.71. The molecule has 0 aliphatic carbocycles. The van der Waals surface area contributed by atoms with Gasteiger partial charge >= 0.3 is 0 Å². The molecule has 0 saturated carbocycles. The van der Waals surface area contributed by atoms with Crippen LogP contribution in [-0.2, 0) is 0 Å². The normalized spacial score (nSPS) is 14.8. The predicted molar refractivity (Wildman–Crippen MR) is 93.1 cm³/mol. The molecule has 0 atom stereocenters. The molecule has 3 aromatic rings. The van der Waals surface area contributed by atoms with E-state index in [1.807, 2.05) is 49.4 Å². The van der Waals surface area contributed by atoms with E-state index in [2.05, 4.69) is 0 Å². The molecule has 0 radical (unpaired) electrons. The molecule has 110 valence electrons. The predicted octanol–water partition coefficient (Wildman–Crippen LogP) is 4.85. The fourth-order valence-corrected chi connectivity index (χ4v) is 3.57. The summed E-state index contributed by atoms with van der Waals surface area (Å²) in [7, 11) is 0. The molecule has 0 unspecified atom stereocenters. The van der Waals surface area contributed by atoms with Gasteiger partial charge in [-0.15, -0.1) is 0 Å². The number of aryl methyl sites for hydroxylation is 1. The Morgan fingerprint density at radius 1 is 1.04 bits per heavy atom. The summed E-state index contributed by atoms with van der Waals surface area (Å²) in [6.45, 7) is 1.94. The van der Waals surface area contributed by atoms with E-state index in [-0.39, 0.29) is 5.91 Å². The molecular formula is C19H11ClN2O. The number of anilines is 1. The fourth-order valence-electron chi connectivity index (χ4n) is 3.41. The number of carbonyl (C=O) groups is 1. The van der Waals surface area contributed by atoms with Gasteiger partial charge in [0.05, 0.1) is 16.9 Å². The van der Waals surface area contributed by atoms with Crippen LogP contribution in [0.4, 0.5) is 11.4 Å². The molecule has 5 rings (SSSR count). The molecule has 2 heterocycles. The maximum Gasteiger partial charge on any atom is 0.264 e. The molecular weight excluding hydrogens is 308 g/mol. The summed E-state index contributed by atoms with van der Waals surface area (Å²) in [5.74, 6) is 0.624. The third-order valence-electron chi connectivity index (χ3n) is 4.51. The number of hydrogen-bond donors (Lipinski definition) is 0. The summed E-state index contributed by atoms with van der Waals surface area (Å²) >= 11 is 6.21. The van der Waals surface area contributed by atoms with E-state index in [0.717, 1.165) is 33.3 Å². The summed E-state index contributed by atoms with van der Waals surface area (Å²) < 4.78 is 0. The summed E-state index contributed by atoms with van der Waals surface area (Å²) in [5.41, 5.74) is 4.20. The number of nitrogens with zero attached hydrogens (tertiary/aromatic N) is 2. The average Bonchev–Trinajstić information content (AvgIpc) is 2.81. The van der Waals surface area contributed by atoms with Crippen molar-refractivity contribution >= 4 is 45.5 Å². The number of hydrogen-bond acceptors (Lipinski definition) is 2. The first-order valence-electron chi connectivity index (χ1n) is 7.40. The molecule has 3 aromatic carbocycles. The van der Waals surface area contributed by atoms with Gasteiger partial charge in [-0.1, -0.05) is 35.9 Å². The van der Waals surface area contributed by atoms with Crippen molar-refractivity contribution in [3.63, 3.8) is 0 Å². The summed E-state index contributed by atoms with van der Waals surface area (Å²) in [6.07, 6.45) is 0. The van der Waals surface area contributed by atoms with Gasteiger partial charge in [0.25, 0.3) is 5.91 Å². The first-order chi connectivity index (χ1) is 11.1.